The molecule has 0 saturated carbocycles. The fourth-order valence-electron chi connectivity index (χ4n) is 2.64. The Balaban J connectivity index is 1.80. The van der Waals surface area contributed by atoms with E-state index in [0.717, 1.165) is 33.6 Å². The Morgan fingerprint density at radius 2 is 1.77 bits per heavy atom. The van der Waals surface area contributed by atoms with Crippen LogP contribution in [0.5, 0.6) is 0 Å². The summed E-state index contributed by atoms with van der Waals surface area (Å²) in [7, 11) is 3.13. The van der Waals surface area contributed by atoms with Gasteiger partial charge in [-0.05, 0) is 37.1 Å². The Labute approximate surface area is 157 Å². The first-order chi connectivity index (χ1) is 12.3. The van der Waals surface area contributed by atoms with Crippen molar-refractivity contribution in [2.24, 2.45) is 14.1 Å². The second-order valence-corrected chi connectivity index (χ2v) is 7.45. The molecular formula is C19H25N3O3S. The zero-order valence-electron chi connectivity index (χ0n) is 15.7. The lowest BCUT2D eigenvalue weighted by atomic mass is 10.1. The number of para-hydroxylation sites is 1. The lowest BCUT2D eigenvalue weighted by Crippen LogP contribution is -2.37. The fraction of sp³-hybridized carbons (Fsp3) is 0.421. The second kappa shape index (κ2) is 8.89. The van der Waals surface area contributed by atoms with Crippen molar-refractivity contribution in [2.75, 3.05) is 11.1 Å². The summed E-state index contributed by atoms with van der Waals surface area (Å²) in [5.41, 5.74) is 3.08. The van der Waals surface area contributed by atoms with E-state index in [1.54, 1.807) is 18.8 Å². The van der Waals surface area contributed by atoms with Gasteiger partial charge in [-0.2, -0.15) is 11.8 Å². The molecule has 2 rings (SSSR count). The first-order valence-corrected chi connectivity index (χ1v) is 9.66. The standard InChI is InChI=1S/C19H25N3O3S/c1-13-7-5-8-14(2)18(13)20-16(23)9-6-10-26-12-15-11-17(24)22(4)19(25)21(15)3/h5,7-8,11H,6,9-10,12H2,1-4H3,(H,20,23). The van der Waals surface area contributed by atoms with E-state index in [1.807, 2.05) is 32.0 Å². The van der Waals surface area contributed by atoms with E-state index in [1.165, 1.54) is 17.7 Å². The van der Waals surface area contributed by atoms with Crippen molar-refractivity contribution >= 4 is 23.4 Å². The van der Waals surface area contributed by atoms with E-state index in [-0.39, 0.29) is 17.2 Å². The summed E-state index contributed by atoms with van der Waals surface area (Å²) in [6.45, 7) is 3.96. The molecule has 140 valence electrons. The van der Waals surface area contributed by atoms with Gasteiger partial charge in [-0.3, -0.25) is 18.7 Å². The highest BCUT2D eigenvalue weighted by molar-refractivity contribution is 7.98. The van der Waals surface area contributed by atoms with E-state index < -0.39 is 0 Å². The molecule has 0 radical (unpaired) electrons. The second-order valence-electron chi connectivity index (χ2n) is 6.35. The molecule has 6 nitrogen and oxygen atoms in total. The van der Waals surface area contributed by atoms with Gasteiger partial charge in [0.05, 0.1) is 0 Å². The summed E-state index contributed by atoms with van der Waals surface area (Å²) in [5.74, 6) is 1.35. The van der Waals surface area contributed by atoms with Crippen LogP contribution in [0, 0.1) is 13.8 Å². The van der Waals surface area contributed by atoms with Crippen LogP contribution in [0.15, 0.2) is 33.9 Å². The highest BCUT2D eigenvalue weighted by atomic mass is 32.2. The maximum atomic E-state index is 12.1. The van der Waals surface area contributed by atoms with Gasteiger partial charge in [0.15, 0.2) is 0 Å². The Kier molecular flexibility index (Phi) is 6.85. The number of anilines is 1. The summed E-state index contributed by atoms with van der Waals surface area (Å²) in [5, 5.41) is 2.98. The van der Waals surface area contributed by atoms with Crippen LogP contribution < -0.4 is 16.6 Å². The van der Waals surface area contributed by atoms with Crippen molar-refractivity contribution < 1.29 is 4.79 Å². The highest BCUT2D eigenvalue weighted by Gasteiger charge is 2.08. The van der Waals surface area contributed by atoms with Crippen molar-refractivity contribution in [1.82, 2.24) is 9.13 Å². The van der Waals surface area contributed by atoms with Crippen molar-refractivity contribution in [3.05, 3.63) is 61.9 Å². The van der Waals surface area contributed by atoms with Crippen LogP contribution in [-0.4, -0.2) is 20.8 Å². The monoisotopic (exact) mass is 375 g/mol. The molecule has 0 spiro atoms. The molecule has 1 amide bonds. The number of carbonyl (C=O) groups is 1. The van der Waals surface area contributed by atoms with E-state index in [4.69, 9.17) is 0 Å². The summed E-state index contributed by atoms with van der Waals surface area (Å²) in [4.78, 5) is 35.7. The third-order valence-corrected chi connectivity index (χ3v) is 5.39. The fourth-order valence-corrected chi connectivity index (χ4v) is 3.62. The largest absolute Gasteiger partial charge is 0.330 e. The SMILES string of the molecule is Cc1cccc(C)c1NC(=O)CCCSCc1cc(=O)n(C)c(=O)n1C. The summed E-state index contributed by atoms with van der Waals surface area (Å²) < 4.78 is 2.58. The lowest BCUT2D eigenvalue weighted by Gasteiger charge is -2.11. The minimum absolute atomic E-state index is 0.00369. The van der Waals surface area contributed by atoms with Crippen LogP contribution in [0.3, 0.4) is 0 Å². The smallest absolute Gasteiger partial charge is 0.326 e. The number of nitrogens with one attached hydrogen (secondary N) is 1. The van der Waals surface area contributed by atoms with Crippen LogP contribution in [0.4, 0.5) is 5.69 Å². The quantitative estimate of drug-likeness (QED) is 0.754. The molecule has 2 aromatic rings. The molecule has 1 aromatic heterocycles. The maximum Gasteiger partial charge on any atom is 0.330 e. The Hall–Kier alpha value is -2.28. The Bertz CT molecular complexity index is 895. The highest BCUT2D eigenvalue weighted by Crippen LogP contribution is 2.20. The zero-order chi connectivity index (χ0) is 19.3. The van der Waals surface area contributed by atoms with Crippen LogP contribution in [0.2, 0.25) is 0 Å². The average molecular weight is 375 g/mol. The summed E-state index contributed by atoms with van der Waals surface area (Å²) >= 11 is 1.61. The van der Waals surface area contributed by atoms with E-state index >= 15 is 0 Å². The Morgan fingerprint density at radius 1 is 1.12 bits per heavy atom. The van der Waals surface area contributed by atoms with Gasteiger partial charge >= 0.3 is 5.69 Å². The normalized spacial score (nSPS) is 10.8. The molecule has 7 heteroatoms. The number of carbonyl (C=O) groups excluding carboxylic acids is 1. The average Bonchev–Trinajstić information content (AvgIpc) is 2.60. The number of aromatic nitrogens is 2. The first kappa shape index (κ1) is 20.0. The van der Waals surface area contributed by atoms with Gasteiger partial charge in [-0.25, -0.2) is 4.79 Å². The molecule has 1 aromatic carbocycles. The zero-order valence-corrected chi connectivity index (χ0v) is 16.5. The van der Waals surface area contributed by atoms with Gasteiger partial charge in [-0.1, -0.05) is 18.2 Å². The molecule has 1 N–H and O–H groups in total. The third-order valence-electron chi connectivity index (χ3n) is 4.31. The van der Waals surface area contributed by atoms with Crippen molar-refractivity contribution in [3.8, 4) is 0 Å². The molecule has 1 heterocycles. The predicted molar refractivity (Wildman–Crippen MR) is 107 cm³/mol. The number of aryl methyl sites for hydroxylation is 2. The lowest BCUT2D eigenvalue weighted by molar-refractivity contribution is -0.116. The number of hydrogen-bond donors (Lipinski definition) is 1. The third kappa shape index (κ3) is 4.88. The molecule has 0 unspecified atom stereocenters. The van der Waals surface area contributed by atoms with E-state index in [2.05, 4.69) is 5.32 Å². The van der Waals surface area contributed by atoms with Crippen molar-refractivity contribution in [3.63, 3.8) is 0 Å². The number of thioether (sulfide) groups is 1. The number of amides is 1. The predicted octanol–water partition coefficient (Wildman–Crippen LogP) is 2.35. The van der Waals surface area contributed by atoms with Gasteiger partial charge in [0.2, 0.25) is 5.91 Å². The van der Waals surface area contributed by atoms with Gasteiger partial charge < -0.3 is 5.32 Å². The molecule has 0 fully saturated rings. The van der Waals surface area contributed by atoms with Crippen LogP contribution >= 0.6 is 11.8 Å². The number of nitrogens with zero attached hydrogens (tertiary/aromatic N) is 2. The van der Waals surface area contributed by atoms with E-state index in [0.29, 0.717) is 17.9 Å². The van der Waals surface area contributed by atoms with Gasteiger partial charge in [-0.15, -0.1) is 0 Å². The van der Waals surface area contributed by atoms with Gasteiger partial charge in [0, 0.05) is 43.7 Å². The number of benzene rings is 1. The van der Waals surface area contributed by atoms with Crippen LogP contribution in [0.1, 0.15) is 29.7 Å². The van der Waals surface area contributed by atoms with Crippen molar-refractivity contribution in [2.45, 2.75) is 32.4 Å². The molecule has 0 atom stereocenters. The van der Waals surface area contributed by atoms with Crippen molar-refractivity contribution in [1.29, 1.82) is 0 Å². The minimum Gasteiger partial charge on any atom is -0.326 e. The van der Waals surface area contributed by atoms with Crippen LogP contribution in [0.25, 0.3) is 0 Å². The molecule has 0 aliphatic carbocycles. The maximum absolute atomic E-state index is 12.1. The summed E-state index contributed by atoms with van der Waals surface area (Å²) in [6.07, 6.45) is 1.18. The van der Waals surface area contributed by atoms with Gasteiger partial charge in [0.25, 0.3) is 5.56 Å². The van der Waals surface area contributed by atoms with Gasteiger partial charge in [0.1, 0.15) is 0 Å². The molecule has 0 aliphatic heterocycles. The molecular weight excluding hydrogens is 350 g/mol. The molecule has 26 heavy (non-hydrogen) atoms. The topological polar surface area (TPSA) is 73.1 Å². The Morgan fingerprint density at radius 3 is 2.42 bits per heavy atom. The first-order valence-electron chi connectivity index (χ1n) is 8.51. The minimum atomic E-state index is -0.318. The number of rotatable bonds is 7. The number of hydrogen-bond acceptors (Lipinski definition) is 4. The molecule has 0 bridgehead atoms. The van der Waals surface area contributed by atoms with E-state index in [9.17, 15) is 14.4 Å². The molecule has 0 aliphatic rings. The van der Waals surface area contributed by atoms with Crippen LogP contribution in [-0.2, 0) is 24.6 Å². The summed E-state index contributed by atoms with van der Waals surface area (Å²) in [6, 6.07) is 7.42. The molecule has 0 saturated heterocycles.